The topological polar surface area (TPSA) is 41.1 Å². The zero-order valence-electron chi connectivity index (χ0n) is 14.4. The van der Waals surface area contributed by atoms with Crippen molar-refractivity contribution in [3.05, 3.63) is 65.2 Å². The van der Waals surface area contributed by atoms with Crippen LogP contribution < -0.4 is 10.6 Å². The van der Waals surface area contributed by atoms with Gasteiger partial charge < -0.3 is 10.6 Å². The van der Waals surface area contributed by atoms with Gasteiger partial charge >= 0.3 is 18.4 Å². The average molecular weight is 402 g/mol. The third kappa shape index (κ3) is 4.58. The van der Waals surface area contributed by atoms with Crippen molar-refractivity contribution in [1.82, 2.24) is 5.32 Å². The van der Waals surface area contributed by atoms with E-state index in [4.69, 9.17) is 0 Å². The van der Waals surface area contributed by atoms with Crippen LogP contribution in [0.2, 0.25) is 0 Å². The fraction of sp³-hybridized carbons (Fsp3) is 0.316. The summed E-state index contributed by atoms with van der Waals surface area (Å²) >= 11 is 0. The Bertz CT molecular complexity index is 854. The van der Waals surface area contributed by atoms with Crippen LogP contribution in [0.4, 0.5) is 36.8 Å². The lowest BCUT2D eigenvalue weighted by Gasteiger charge is -2.18. The van der Waals surface area contributed by atoms with E-state index >= 15 is 0 Å². The highest BCUT2D eigenvalue weighted by atomic mass is 19.4. The second-order valence-electron chi connectivity index (χ2n) is 6.74. The monoisotopic (exact) mass is 402 g/mol. The third-order valence-electron chi connectivity index (χ3n) is 4.71. The number of urea groups is 1. The molecule has 0 spiro atoms. The Hall–Kier alpha value is -2.71. The number of rotatable bonds is 4. The molecule has 9 heteroatoms. The number of hydrogen-bond donors (Lipinski definition) is 2. The normalized spacial score (nSPS) is 15.8. The van der Waals surface area contributed by atoms with E-state index in [-0.39, 0.29) is 12.2 Å². The van der Waals surface area contributed by atoms with Gasteiger partial charge in [0.2, 0.25) is 0 Å². The zero-order chi connectivity index (χ0) is 20.6. The summed E-state index contributed by atoms with van der Waals surface area (Å²) in [5, 5.41) is 4.99. The molecule has 1 saturated carbocycles. The molecule has 1 fully saturated rings. The Morgan fingerprint density at radius 2 is 1.50 bits per heavy atom. The van der Waals surface area contributed by atoms with Gasteiger partial charge in [0.15, 0.2) is 0 Å². The van der Waals surface area contributed by atoms with Gasteiger partial charge in [0, 0.05) is 17.6 Å². The van der Waals surface area contributed by atoms with E-state index in [9.17, 15) is 31.1 Å². The zero-order valence-corrected chi connectivity index (χ0v) is 14.4. The van der Waals surface area contributed by atoms with Crippen molar-refractivity contribution in [3.63, 3.8) is 0 Å². The van der Waals surface area contributed by atoms with E-state index in [1.165, 1.54) is 6.07 Å². The van der Waals surface area contributed by atoms with Crippen LogP contribution in [0, 0.1) is 0 Å². The fourth-order valence-electron chi connectivity index (χ4n) is 2.91. The molecule has 150 valence electrons. The Morgan fingerprint density at radius 3 is 2.04 bits per heavy atom. The van der Waals surface area contributed by atoms with Crippen LogP contribution in [0.3, 0.4) is 0 Å². The highest BCUT2D eigenvalue weighted by Crippen LogP contribution is 2.48. The first kappa shape index (κ1) is 20.0. The molecule has 28 heavy (non-hydrogen) atoms. The van der Waals surface area contributed by atoms with Gasteiger partial charge in [-0.2, -0.15) is 26.3 Å². The van der Waals surface area contributed by atoms with Crippen LogP contribution >= 0.6 is 0 Å². The van der Waals surface area contributed by atoms with Crippen molar-refractivity contribution in [3.8, 4) is 0 Å². The van der Waals surface area contributed by atoms with Crippen molar-refractivity contribution >= 4 is 11.7 Å². The number of anilines is 1. The quantitative estimate of drug-likeness (QED) is 0.645. The summed E-state index contributed by atoms with van der Waals surface area (Å²) in [5.41, 5.74) is -1.46. The summed E-state index contributed by atoms with van der Waals surface area (Å²) in [6.07, 6.45) is -7.65. The lowest BCUT2D eigenvalue weighted by Crippen LogP contribution is -2.35. The second-order valence-corrected chi connectivity index (χ2v) is 6.74. The highest BCUT2D eigenvalue weighted by Gasteiger charge is 2.45. The molecule has 0 bridgehead atoms. The molecule has 2 amide bonds. The van der Waals surface area contributed by atoms with E-state index in [1.54, 1.807) is 6.07 Å². The number of halogens is 6. The second kappa shape index (κ2) is 7.03. The predicted octanol–water partition coefficient (Wildman–Crippen LogP) is 5.58. The minimum atomic E-state index is -4.47. The predicted molar refractivity (Wildman–Crippen MR) is 90.8 cm³/mol. The van der Waals surface area contributed by atoms with Crippen LogP contribution in [0.5, 0.6) is 0 Å². The number of alkyl halides is 6. The molecule has 1 aliphatic carbocycles. The van der Waals surface area contributed by atoms with Gasteiger partial charge in [-0.1, -0.05) is 18.2 Å². The molecule has 3 nitrogen and oxygen atoms in total. The van der Waals surface area contributed by atoms with Gasteiger partial charge in [0.25, 0.3) is 0 Å². The molecule has 0 radical (unpaired) electrons. The lowest BCUT2D eigenvalue weighted by molar-refractivity contribution is -0.138. The Morgan fingerprint density at radius 1 is 0.893 bits per heavy atom. The summed E-state index contributed by atoms with van der Waals surface area (Å²) in [6, 6.07) is 8.31. The molecule has 1 aliphatic rings. The number of nitrogens with one attached hydrogen (secondary N) is 2. The van der Waals surface area contributed by atoms with Crippen LogP contribution in [-0.2, 0) is 17.8 Å². The smallest absolute Gasteiger partial charge is 0.337 e. The molecule has 2 N–H and O–H groups in total. The van der Waals surface area contributed by atoms with E-state index in [2.05, 4.69) is 10.6 Å². The molecule has 0 atom stereocenters. The summed E-state index contributed by atoms with van der Waals surface area (Å²) in [6.45, 7) is 0.126. The SMILES string of the molecule is O=C(NCC1(c2cccc(C(F)(F)F)c2)CC1)Nc1ccc(C(F)(F)F)cc1. The molecular formula is C19H16F6N2O. The molecule has 0 unspecified atom stereocenters. The highest BCUT2D eigenvalue weighted by molar-refractivity contribution is 5.89. The standard InChI is InChI=1S/C19H16F6N2O/c20-18(21,22)12-4-6-15(7-5-12)27-16(28)26-11-17(8-9-17)13-2-1-3-14(10-13)19(23,24)25/h1-7,10H,8-9,11H2,(H2,26,27,28). The molecule has 0 heterocycles. The van der Waals surface area contributed by atoms with Gasteiger partial charge in [-0.3, -0.25) is 0 Å². The van der Waals surface area contributed by atoms with Gasteiger partial charge in [0.05, 0.1) is 11.1 Å². The molecule has 2 aromatic carbocycles. The molecule has 0 saturated heterocycles. The molecular weight excluding hydrogens is 386 g/mol. The van der Waals surface area contributed by atoms with Crippen molar-refractivity contribution in [2.75, 3.05) is 11.9 Å². The van der Waals surface area contributed by atoms with E-state index in [0.29, 0.717) is 18.4 Å². The average Bonchev–Trinajstić information content (AvgIpc) is 3.40. The maximum absolute atomic E-state index is 12.9. The van der Waals surface area contributed by atoms with E-state index < -0.39 is 34.9 Å². The summed E-state index contributed by atoms with van der Waals surface area (Å²) < 4.78 is 76.3. The molecule has 2 aromatic rings. The molecule has 3 rings (SSSR count). The van der Waals surface area contributed by atoms with Crippen LogP contribution in [0.15, 0.2) is 48.5 Å². The summed E-state index contributed by atoms with van der Waals surface area (Å²) in [5.74, 6) is 0. The third-order valence-corrected chi connectivity index (χ3v) is 4.71. The summed E-state index contributed by atoms with van der Waals surface area (Å²) in [4.78, 5) is 12.0. The largest absolute Gasteiger partial charge is 0.416 e. The van der Waals surface area contributed by atoms with E-state index in [1.807, 2.05) is 0 Å². The summed E-state index contributed by atoms with van der Waals surface area (Å²) in [7, 11) is 0. The number of carbonyl (C=O) groups is 1. The fourth-order valence-corrected chi connectivity index (χ4v) is 2.91. The first-order chi connectivity index (χ1) is 13.0. The maximum Gasteiger partial charge on any atom is 0.416 e. The van der Waals surface area contributed by atoms with Crippen LogP contribution in [0.1, 0.15) is 29.5 Å². The Labute approximate surface area is 156 Å². The minimum absolute atomic E-state index is 0.126. The Balaban J connectivity index is 1.60. The maximum atomic E-state index is 12.9. The van der Waals surface area contributed by atoms with Gasteiger partial charge in [-0.15, -0.1) is 0 Å². The number of benzene rings is 2. The number of carbonyl (C=O) groups excluding carboxylic acids is 1. The number of amides is 2. The molecule has 0 aliphatic heterocycles. The molecule has 0 aromatic heterocycles. The minimum Gasteiger partial charge on any atom is -0.337 e. The van der Waals surface area contributed by atoms with Gasteiger partial charge in [-0.05, 0) is 48.7 Å². The number of hydrogen-bond acceptors (Lipinski definition) is 1. The van der Waals surface area contributed by atoms with Crippen LogP contribution in [0.25, 0.3) is 0 Å². The first-order valence-corrected chi connectivity index (χ1v) is 8.39. The van der Waals surface area contributed by atoms with Crippen molar-refractivity contribution in [2.24, 2.45) is 0 Å². The first-order valence-electron chi connectivity index (χ1n) is 8.39. The van der Waals surface area contributed by atoms with Crippen molar-refractivity contribution in [1.29, 1.82) is 0 Å². The van der Waals surface area contributed by atoms with Crippen molar-refractivity contribution < 1.29 is 31.1 Å². The van der Waals surface area contributed by atoms with Crippen LogP contribution in [-0.4, -0.2) is 12.6 Å². The Kier molecular flexibility index (Phi) is 5.03. The van der Waals surface area contributed by atoms with Gasteiger partial charge in [-0.25, -0.2) is 4.79 Å². The van der Waals surface area contributed by atoms with Crippen molar-refractivity contribution in [2.45, 2.75) is 30.6 Å². The lowest BCUT2D eigenvalue weighted by atomic mass is 9.94. The van der Waals surface area contributed by atoms with Gasteiger partial charge in [0.1, 0.15) is 0 Å². The van der Waals surface area contributed by atoms with E-state index in [0.717, 1.165) is 36.4 Å².